The van der Waals surface area contributed by atoms with Gasteiger partial charge in [-0.1, -0.05) is 43.5 Å². The van der Waals surface area contributed by atoms with Gasteiger partial charge in [0, 0.05) is 0 Å². The molecule has 20 heavy (non-hydrogen) atoms. The summed E-state index contributed by atoms with van der Waals surface area (Å²) in [5, 5.41) is 0. The van der Waals surface area contributed by atoms with Gasteiger partial charge in [0.05, 0.1) is 0 Å². The van der Waals surface area contributed by atoms with Crippen LogP contribution in [-0.4, -0.2) is 9.79 Å². The van der Waals surface area contributed by atoms with Gasteiger partial charge in [-0.25, -0.2) is 4.57 Å². The lowest BCUT2D eigenvalue weighted by Crippen LogP contribution is -2.00. The van der Waals surface area contributed by atoms with Crippen LogP contribution >= 0.6 is 7.82 Å². The lowest BCUT2D eigenvalue weighted by atomic mass is 10.0. The van der Waals surface area contributed by atoms with Crippen LogP contribution in [-0.2, 0) is 22.1 Å². The molecule has 2 N–H and O–H groups in total. The molecule has 5 nitrogen and oxygen atoms in total. The van der Waals surface area contributed by atoms with Crippen LogP contribution < -0.4 is 4.89 Å². The third-order valence-corrected chi connectivity index (χ3v) is 3.24. The van der Waals surface area contributed by atoms with Crippen molar-refractivity contribution in [1.29, 1.82) is 0 Å². The molecule has 0 radical (unpaired) electrons. The number of rotatable bonds is 9. The van der Waals surface area contributed by atoms with Crippen LogP contribution in [0.1, 0.15) is 50.7 Å². The number of hydrogen-bond donors (Lipinski definition) is 2. The number of unbranched alkanes of at least 4 members (excludes halogenated alkanes) is 2. The molecule has 0 unspecified atom stereocenters. The second-order valence-corrected chi connectivity index (χ2v) is 5.93. The van der Waals surface area contributed by atoms with Gasteiger partial charge in [0.25, 0.3) is 0 Å². The Labute approximate surface area is 120 Å². The third kappa shape index (κ3) is 6.53. The van der Waals surface area contributed by atoms with Gasteiger partial charge in [0.2, 0.25) is 0 Å². The average Bonchev–Trinajstić information content (AvgIpc) is 2.40. The van der Waals surface area contributed by atoms with E-state index in [-0.39, 0.29) is 0 Å². The molecular weight excluding hydrogens is 279 g/mol. The minimum atomic E-state index is -4.63. The summed E-state index contributed by atoms with van der Waals surface area (Å²) in [5.41, 5.74) is 2.13. The number of hydrogen-bond acceptors (Lipinski definition) is 3. The van der Waals surface area contributed by atoms with Crippen LogP contribution in [0, 0.1) is 0 Å². The van der Waals surface area contributed by atoms with Crippen molar-refractivity contribution in [1.82, 2.24) is 0 Å². The Morgan fingerprint density at radius 1 is 1.10 bits per heavy atom. The lowest BCUT2D eigenvalue weighted by molar-refractivity contribution is -0.123. The molecule has 0 fully saturated rings. The predicted molar refractivity (Wildman–Crippen MR) is 77.4 cm³/mol. The molecule has 0 aliphatic rings. The molecule has 0 aromatic heterocycles. The van der Waals surface area contributed by atoms with Crippen LogP contribution in [0.5, 0.6) is 5.75 Å². The Morgan fingerprint density at radius 3 is 2.35 bits per heavy atom. The minimum absolute atomic E-state index is 0.377. The molecule has 1 aromatic rings. The molecule has 0 amide bonds. The summed E-state index contributed by atoms with van der Waals surface area (Å²) < 4.78 is 14.8. The van der Waals surface area contributed by atoms with Crippen LogP contribution in [0.2, 0.25) is 0 Å². The minimum Gasteiger partial charge on any atom is -0.327 e. The van der Waals surface area contributed by atoms with Crippen LogP contribution in [0.15, 0.2) is 18.2 Å². The van der Waals surface area contributed by atoms with E-state index in [2.05, 4.69) is 18.5 Å². The van der Waals surface area contributed by atoms with Crippen molar-refractivity contribution >= 4 is 7.82 Å². The molecule has 0 aliphatic heterocycles. The molecule has 0 atom stereocenters. The number of phosphoric acid groups is 1. The van der Waals surface area contributed by atoms with Gasteiger partial charge in [0.1, 0.15) is 0 Å². The highest BCUT2D eigenvalue weighted by Gasteiger charge is 2.17. The Balaban J connectivity index is 2.82. The molecule has 0 bridgehead atoms. The van der Waals surface area contributed by atoms with E-state index in [1.165, 1.54) is 5.56 Å². The largest absolute Gasteiger partial charge is 0.505 e. The van der Waals surface area contributed by atoms with Crippen molar-refractivity contribution in [2.24, 2.45) is 0 Å². The quantitative estimate of drug-likeness (QED) is 0.412. The highest BCUT2D eigenvalue weighted by molar-refractivity contribution is 7.46. The Kier molecular flexibility index (Phi) is 7.24. The van der Waals surface area contributed by atoms with Crippen LogP contribution in [0.25, 0.3) is 0 Å². The maximum absolute atomic E-state index is 10.7. The monoisotopic (exact) mass is 302 g/mol. The summed E-state index contributed by atoms with van der Waals surface area (Å²) in [6, 6.07) is 5.65. The topological polar surface area (TPSA) is 76.0 Å². The Morgan fingerprint density at radius 2 is 1.75 bits per heavy atom. The van der Waals surface area contributed by atoms with Gasteiger partial charge >= 0.3 is 7.82 Å². The molecule has 0 spiro atoms. The predicted octanol–water partition coefficient (Wildman–Crippen LogP) is 3.77. The van der Waals surface area contributed by atoms with Gasteiger partial charge in [-0.15, -0.1) is 0 Å². The maximum atomic E-state index is 10.7. The summed E-state index contributed by atoms with van der Waals surface area (Å²) in [4.78, 5) is 22.2. The van der Waals surface area contributed by atoms with E-state index in [0.29, 0.717) is 5.75 Å². The molecule has 114 valence electrons. The summed E-state index contributed by atoms with van der Waals surface area (Å²) in [6.45, 7) is 4.23. The molecule has 1 aromatic carbocycles. The first-order valence-electron chi connectivity index (χ1n) is 7.00. The smallest absolute Gasteiger partial charge is 0.327 e. The zero-order valence-electron chi connectivity index (χ0n) is 12.0. The summed E-state index contributed by atoms with van der Waals surface area (Å²) in [5.74, 6) is 0.377. The van der Waals surface area contributed by atoms with E-state index >= 15 is 0 Å². The number of aryl methyl sites for hydroxylation is 2. The fourth-order valence-corrected chi connectivity index (χ4v) is 2.08. The Hall–Kier alpha value is -0.870. The van der Waals surface area contributed by atoms with Crippen molar-refractivity contribution in [3.63, 3.8) is 0 Å². The van der Waals surface area contributed by atoms with E-state index in [0.717, 1.165) is 44.1 Å². The third-order valence-electron chi connectivity index (χ3n) is 2.97. The lowest BCUT2D eigenvalue weighted by Gasteiger charge is -2.12. The summed E-state index contributed by atoms with van der Waals surface area (Å²) >= 11 is 0. The number of benzene rings is 1. The van der Waals surface area contributed by atoms with E-state index in [1.807, 2.05) is 12.1 Å². The van der Waals surface area contributed by atoms with Crippen molar-refractivity contribution in [2.75, 3.05) is 0 Å². The highest BCUT2D eigenvalue weighted by atomic mass is 31.2. The zero-order valence-corrected chi connectivity index (χ0v) is 12.9. The molecule has 0 aliphatic carbocycles. The van der Waals surface area contributed by atoms with E-state index in [4.69, 9.17) is 14.7 Å². The SMILES string of the molecule is CCCCc1ccc(OOP(=O)(O)O)c(CCCC)c1. The van der Waals surface area contributed by atoms with E-state index in [1.54, 1.807) is 6.07 Å². The van der Waals surface area contributed by atoms with Crippen molar-refractivity contribution in [3.05, 3.63) is 29.3 Å². The van der Waals surface area contributed by atoms with Crippen LogP contribution in [0.3, 0.4) is 0 Å². The maximum Gasteiger partial charge on any atom is 0.505 e. The van der Waals surface area contributed by atoms with Gasteiger partial charge in [-0.2, -0.15) is 0 Å². The Bertz CT molecular complexity index is 455. The molecule has 0 saturated heterocycles. The van der Waals surface area contributed by atoms with Gasteiger partial charge in [0.15, 0.2) is 5.75 Å². The molecular formula is C14H23O5P. The first kappa shape index (κ1) is 17.2. The van der Waals surface area contributed by atoms with Crippen molar-refractivity contribution in [3.8, 4) is 5.75 Å². The summed E-state index contributed by atoms with van der Waals surface area (Å²) in [7, 11) is -4.63. The molecule has 0 saturated carbocycles. The van der Waals surface area contributed by atoms with Gasteiger partial charge in [-0.3, -0.25) is 0 Å². The standard InChI is InChI=1S/C14H23O5P/c1-3-5-7-12-9-10-14(18-19-20(15,16)17)13(11-12)8-6-4-2/h9-11H,3-8H2,1-2H3,(H2,15,16,17). The second kappa shape index (κ2) is 8.42. The average molecular weight is 302 g/mol. The van der Waals surface area contributed by atoms with Crippen molar-refractivity contribution < 1.29 is 23.9 Å². The fourth-order valence-electron chi connectivity index (χ4n) is 1.90. The first-order chi connectivity index (χ1) is 9.46. The van der Waals surface area contributed by atoms with Crippen LogP contribution in [0.4, 0.5) is 0 Å². The van der Waals surface area contributed by atoms with Gasteiger partial charge < -0.3 is 14.7 Å². The molecule has 0 heterocycles. The summed E-state index contributed by atoms with van der Waals surface area (Å²) in [6.07, 6.45) is 6.07. The molecule has 1 rings (SSSR count). The van der Waals surface area contributed by atoms with Gasteiger partial charge in [-0.05, 0) is 42.9 Å². The first-order valence-corrected chi connectivity index (χ1v) is 8.53. The fraction of sp³-hybridized carbons (Fsp3) is 0.571. The zero-order chi connectivity index (χ0) is 15.0. The van der Waals surface area contributed by atoms with E-state index < -0.39 is 7.82 Å². The van der Waals surface area contributed by atoms with Crippen molar-refractivity contribution in [2.45, 2.75) is 52.4 Å². The molecule has 6 heteroatoms. The second-order valence-electron chi connectivity index (χ2n) is 4.80. The highest BCUT2D eigenvalue weighted by Crippen LogP contribution is 2.37. The normalized spacial score (nSPS) is 11.6. The van der Waals surface area contributed by atoms with E-state index in [9.17, 15) is 4.57 Å².